The van der Waals surface area contributed by atoms with Gasteiger partial charge in [0.05, 0.1) is 16.4 Å². The summed E-state index contributed by atoms with van der Waals surface area (Å²) in [5, 5.41) is 6.35. The van der Waals surface area contributed by atoms with Crippen LogP contribution in [0.3, 0.4) is 0 Å². The maximum Gasteiger partial charge on any atom is 0.0790 e. The number of nitrogens with zero attached hydrogens (tertiary/aromatic N) is 2. The van der Waals surface area contributed by atoms with E-state index in [2.05, 4.69) is 16.5 Å². The Hall–Kier alpha value is -0.870. The molecular formula is C8H11N3S. The lowest BCUT2D eigenvalue weighted by Gasteiger charge is -1.98. The molecule has 0 saturated heterocycles. The molecule has 0 bridgehead atoms. The van der Waals surface area contributed by atoms with Crippen molar-refractivity contribution in [1.29, 1.82) is 0 Å². The van der Waals surface area contributed by atoms with E-state index in [1.165, 1.54) is 10.2 Å². The fourth-order valence-electron chi connectivity index (χ4n) is 1.23. The van der Waals surface area contributed by atoms with Gasteiger partial charge < -0.3 is 5.73 Å². The third-order valence-corrected chi connectivity index (χ3v) is 2.68. The van der Waals surface area contributed by atoms with Crippen LogP contribution in [0.1, 0.15) is 6.42 Å². The van der Waals surface area contributed by atoms with Gasteiger partial charge in [-0.2, -0.15) is 5.10 Å². The average Bonchev–Trinajstić information content (AvgIpc) is 2.62. The minimum atomic E-state index is 0.728. The Morgan fingerprint density at radius 3 is 3.33 bits per heavy atom. The fraction of sp³-hybridized carbons (Fsp3) is 0.375. The Bertz CT molecular complexity index is 363. The molecule has 0 amide bonds. The highest BCUT2D eigenvalue weighted by atomic mass is 32.1. The number of rotatable bonds is 3. The Labute approximate surface area is 74.8 Å². The van der Waals surface area contributed by atoms with Crippen molar-refractivity contribution in [3.05, 3.63) is 17.6 Å². The quantitative estimate of drug-likeness (QED) is 0.778. The van der Waals surface area contributed by atoms with Crippen molar-refractivity contribution in [3.8, 4) is 0 Å². The molecule has 0 radical (unpaired) electrons. The molecule has 64 valence electrons. The second-order valence-electron chi connectivity index (χ2n) is 2.68. The molecule has 2 N–H and O–H groups in total. The van der Waals surface area contributed by atoms with Gasteiger partial charge in [-0.25, -0.2) is 0 Å². The van der Waals surface area contributed by atoms with Gasteiger partial charge in [-0.3, -0.25) is 4.68 Å². The Balaban J connectivity index is 2.28. The third kappa shape index (κ3) is 1.23. The standard InChI is InChI=1S/C8H11N3S/c9-3-1-4-11-7-2-5-12-8(7)6-10-11/h2,5-6H,1,3-4,9H2. The van der Waals surface area contributed by atoms with Crippen molar-refractivity contribution in [2.45, 2.75) is 13.0 Å². The molecule has 2 aromatic rings. The number of aromatic nitrogens is 2. The molecule has 2 heterocycles. The summed E-state index contributed by atoms with van der Waals surface area (Å²) in [7, 11) is 0. The molecule has 2 rings (SSSR count). The molecule has 2 aromatic heterocycles. The average molecular weight is 181 g/mol. The minimum absolute atomic E-state index is 0.728. The van der Waals surface area contributed by atoms with E-state index in [0.717, 1.165) is 19.5 Å². The zero-order valence-electron chi connectivity index (χ0n) is 6.73. The van der Waals surface area contributed by atoms with Gasteiger partial charge in [0.15, 0.2) is 0 Å². The van der Waals surface area contributed by atoms with Crippen molar-refractivity contribution in [2.24, 2.45) is 5.73 Å². The van der Waals surface area contributed by atoms with Gasteiger partial charge in [-0.15, -0.1) is 11.3 Å². The molecular weight excluding hydrogens is 170 g/mol. The van der Waals surface area contributed by atoms with Crippen molar-refractivity contribution in [1.82, 2.24) is 9.78 Å². The van der Waals surface area contributed by atoms with Crippen molar-refractivity contribution in [2.75, 3.05) is 6.54 Å². The van der Waals surface area contributed by atoms with Crippen LogP contribution in [-0.2, 0) is 6.54 Å². The van der Waals surface area contributed by atoms with E-state index in [0.29, 0.717) is 0 Å². The highest BCUT2D eigenvalue weighted by molar-refractivity contribution is 7.17. The van der Waals surface area contributed by atoms with Crippen LogP contribution in [0.2, 0.25) is 0 Å². The number of nitrogens with two attached hydrogens (primary N) is 1. The zero-order chi connectivity index (χ0) is 8.39. The van der Waals surface area contributed by atoms with Crippen LogP contribution in [0.25, 0.3) is 10.2 Å². The fourth-order valence-corrected chi connectivity index (χ4v) is 1.97. The first-order valence-corrected chi connectivity index (χ1v) is 4.89. The van der Waals surface area contributed by atoms with Crippen molar-refractivity contribution in [3.63, 3.8) is 0 Å². The monoisotopic (exact) mass is 181 g/mol. The number of aryl methyl sites for hydroxylation is 1. The van der Waals surface area contributed by atoms with E-state index < -0.39 is 0 Å². The van der Waals surface area contributed by atoms with Crippen LogP contribution in [0.4, 0.5) is 0 Å². The van der Waals surface area contributed by atoms with E-state index in [9.17, 15) is 0 Å². The van der Waals surface area contributed by atoms with Crippen LogP contribution >= 0.6 is 11.3 Å². The normalized spacial score (nSPS) is 11.1. The molecule has 0 aromatic carbocycles. The summed E-state index contributed by atoms with van der Waals surface area (Å²) in [6.07, 6.45) is 2.91. The third-order valence-electron chi connectivity index (χ3n) is 1.84. The summed E-state index contributed by atoms with van der Waals surface area (Å²) in [5.41, 5.74) is 6.66. The van der Waals surface area contributed by atoms with Gasteiger partial charge in [0.25, 0.3) is 0 Å². The summed E-state index contributed by atoms with van der Waals surface area (Å²) in [5.74, 6) is 0. The van der Waals surface area contributed by atoms with Crippen LogP contribution in [-0.4, -0.2) is 16.3 Å². The van der Waals surface area contributed by atoms with E-state index in [4.69, 9.17) is 5.73 Å². The van der Waals surface area contributed by atoms with Gasteiger partial charge in [0, 0.05) is 6.54 Å². The minimum Gasteiger partial charge on any atom is -0.330 e. The lowest BCUT2D eigenvalue weighted by Crippen LogP contribution is -2.06. The Morgan fingerprint density at radius 1 is 1.58 bits per heavy atom. The molecule has 12 heavy (non-hydrogen) atoms. The highest BCUT2D eigenvalue weighted by Crippen LogP contribution is 2.19. The summed E-state index contributed by atoms with van der Waals surface area (Å²) >= 11 is 1.73. The second-order valence-corrected chi connectivity index (χ2v) is 3.63. The lowest BCUT2D eigenvalue weighted by atomic mass is 10.4. The van der Waals surface area contributed by atoms with Gasteiger partial charge in [0.2, 0.25) is 0 Å². The summed E-state index contributed by atoms with van der Waals surface area (Å²) in [4.78, 5) is 0. The van der Waals surface area contributed by atoms with Gasteiger partial charge >= 0.3 is 0 Å². The predicted molar refractivity (Wildman–Crippen MR) is 51.3 cm³/mol. The van der Waals surface area contributed by atoms with Gasteiger partial charge in [0.1, 0.15) is 0 Å². The van der Waals surface area contributed by atoms with Gasteiger partial charge in [-0.1, -0.05) is 0 Å². The summed E-state index contributed by atoms with van der Waals surface area (Å²) in [6, 6.07) is 2.10. The zero-order valence-corrected chi connectivity index (χ0v) is 7.55. The Morgan fingerprint density at radius 2 is 2.50 bits per heavy atom. The molecule has 0 atom stereocenters. The van der Waals surface area contributed by atoms with E-state index in [-0.39, 0.29) is 0 Å². The lowest BCUT2D eigenvalue weighted by molar-refractivity contribution is 0.602. The maximum absolute atomic E-state index is 5.43. The largest absolute Gasteiger partial charge is 0.330 e. The molecule has 3 nitrogen and oxygen atoms in total. The SMILES string of the molecule is NCCCn1ncc2sccc21. The number of fused-ring (bicyclic) bond motifs is 1. The van der Waals surface area contributed by atoms with E-state index >= 15 is 0 Å². The van der Waals surface area contributed by atoms with Crippen LogP contribution < -0.4 is 5.73 Å². The summed E-state index contributed by atoms with van der Waals surface area (Å²) < 4.78 is 3.27. The van der Waals surface area contributed by atoms with E-state index in [1.54, 1.807) is 11.3 Å². The first-order valence-electron chi connectivity index (χ1n) is 4.01. The first-order chi connectivity index (χ1) is 5.92. The molecule has 0 aliphatic heterocycles. The maximum atomic E-state index is 5.43. The van der Waals surface area contributed by atoms with E-state index in [1.807, 2.05) is 10.9 Å². The second kappa shape index (κ2) is 3.25. The molecule has 4 heteroatoms. The first kappa shape index (κ1) is 7.76. The Kier molecular flexibility index (Phi) is 2.10. The van der Waals surface area contributed by atoms with Gasteiger partial charge in [-0.05, 0) is 24.4 Å². The predicted octanol–water partition coefficient (Wildman–Crippen LogP) is 1.45. The molecule has 0 fully saturated rings. The number of thiophene rings is 1. The smallest absolute Gasteiger partial charge is 0.0790 e. The number of hydrogen-bond acceptors (Lipinski definition) is 3. The van der Waals surface area contributed by atoms with Crippen LogP contribution in [0.5, 0.6) is 0 Å². The highest BCUT2D eigenvalue weighted by Gasteiger charge is 2.01. The number of hydrogen-bond donors (Lipinski definition) is 1. The molecule has 0 aliphatic carbocycles. The topological polar surface area (TPSA) is 43.8 Å². The molecule has 0 spiro atoms. The van der Waals surface area contributed by atoms with Crippen LogP contribution in [0.15, 0.2) is 17.6 Å². The van der Waals surface area contributed by atoms with Crippen molar-refractivity contribution < 1.29 is 0 Å². The molecule has 0 unspecified atom stereocenters. The van der Waals surface area contributed by atoms with Crippen LogP contribution in [0, 0.1) is 0 Å². The summed E-state index contributed by atoms with van der Waals surface area (Å²) in [6.45, 7) is 1.65. The van der Waals surface area contributed by atoms with Crippen molar-refractivity contribution >= 4 is 21.6 Å². The molecule has 0 saturated carbocycles. The molecule has 0 aliphatic rings.